The van der Waals surface area contributed by atoms with Gasteiger partial charge in [-0.25, -0.2) is 8.42 Å². The van der Waals surface area contributed by atoms with Gasteiger partial charge in [-0.2, -0.15) is 14.1 Å². The Morgan fingerprint density at radius 3 is 2.54 bits per heavy atom. The molecule has 3 aromatic rings. The van der Waals surface area contributed by atoms with Crippen molar-refractivity contribution in [3.05, 3.63) is 69.6 Å². The number of piperazine rings is 1. The lowest BCUT2D eigenvalue weighted by molar-refractivity contribution is 0.174. The van der Waals surface area contributed by atoms with E-state index in [1.54, 1.807) is 50.4 Å². The minimum Gasteiger partial charge on any atom is -0.481 e. The number of hydrogen-bond acceptors (Lipinski definition) is 8. The van der Waals surface area contributed by atoms with E-state index in [4.69, 9.17) is 25.8 Å². The highest BCUT2D eigenvalue weighted by molar-refractivity contribution is 7.89. The molecule has 10 nitrogen and oxygen atoms in total. The summed E-state index contributed by atoms with van der Waals surface area (Å²) in [6.45, 7) is 5.02. The second-order valence-corrected chi connectivity index (χ2v) is 11.9. The summed E-state index contributed by atoms with van der Waals surface area (Å²) < 4.78 is 44.9. The molecule has 3 heterocycles. The van der Waals surface area contributed by atoms with E-state index in [0.29, 0.717) is 54.1 Å². The van der Waals surface area contributed by atoms with Crippen LogP contribution in [0, 0.1) is 0 Å². The first-order valence-corrected chi connectivity index (χ1v) is 13.8. The highest BCUT2D eigenvalue weighted by Crippen LogP contribution is 2.33. The Bertz CT molecular complexity index is 1470. The fraction of sp³-hybridized carbons (Fsp3) is 0.360. The minimum absolute atomic E-state index is 0.111. The number of anilines is 1. The SMILES string of the molecule is CC(C)S(=O)(=O)N1CCN(c2cnn(-c3cccc(Cl)c3)c(=O)c2OCc2ccc3c(c2)OCO3)CC1. The number of halogens is 1. The average molecular weight is 547 g/mol. The van der Waals surface area contributed by atoms with Gasteiger partial charge in [0.15, 0.2) is 11.5 Å². The van der Waals surface area contributed by atoms with Crippen LogP contribution in [0.2, 0.25) is 5.02 Å². The maximum Gasteiger partial charge on any atom is 0.316 e. The van der Waals surface area contributed by atoms with Crippen LogP contribution in [0.3, 0.4) is 0 Å². The highest BCUT2D eigenvalue weighted by Gasteiger charge is 2.31. The van der Waals surface area contributed by atoms with E-state index in [2.05, 4.69) is 5.10 Å². The van der Waals surface area contributed by atoms with E-state index in [-0.39, 0.29) is 19.1 Å². The fourth-order valence-electron chi connectivity index (χ4n) is 4.25. The molecule has 2 aromatic carbocycles. The van der Waals surface area contributed by atoms with Crippen LogP contribution in [-0.4, -0.2) is 60.7 Å². The third-order valence-electron chi connectivity index (χ3n) is 6.32. The number of rotatable bonds is 7. The van der Waals surface area contributed by atoms with Gasteiger partial charge in [-0.15, -0.1) is 0 Å². The van der Waals surface area contributed by atoms with E-state index in [0.717, 1.165) is 5.56 Å². The van der Waals surface area contributed by atoms with E-state index in [1.807, 2.05) is 17.0 Å². The minimum atomic E-state index is -3.36. The summed E-state index contributed by atoms with van der Waals surface area (Å²) in [6, 6.07) is 12.3. The number of ether oxygens (including phenoxy) is 3. The van der Waals surface area contributed by atoms with Gasteiger partial charge in [-0.1, -0.05) is 23.7 Å². The van der Waals surface area contributed by atoms with Crippen molar-refractivity contribution in [3.63, 3.8) is 0 Å². The van der Waals surface area contributed by atoms with Crippen molar-refractivity contribution in [3.8, 4) is 22.9 Å². The molecule has 1 saturated heterocycles. The second kappa shape index (κ2) is 10.2. The summed E-state index contributed by atoms with van der Waals surface area (Å²) in [6.07, 6.45) is 1.57. The maximum absolute atomic E-state index is 13.6. The molecule has 0 aliphatic carbocycles. The van der Waals surface area contributed by atoms with Crippen molar-refractivity contribution >= 4 is 27.3 Å². The van der Waals surface area contributed by atoms with Crippen molar-refractivity contribution in [2.45, 2.75) is 25.7 Å². The van der Waals surface area contributed by atoms with Crippen LogP contribution in [0.4, 0.5) is 5.69 Å². The van der Waals surface area contributed by atoms with Crippen LogP contribution in [0.15, 0.2) is 53.5 Å². The number of nitrogens with zero attached hydrogens (tertiary/aromatic N) is 4. The molecule has 0 saturated carbocycles. The molecule has 1 fully saturated rings. The Kier molecular flexibility index (Phi) is 7.02. The molecule has 0 amide bonds. The summed E-state index contributed by atoms with van der Waals surface area (Å²) in [4.78, 5) is 15.5. The molecule has 0 unspecified atom stereocenters. The molecule has 1 aromatic heterocycles. The van der Waals surface area contributed by atoms with E-state index < -0.39 is 20.8 Å². The Balaban J connectivity index is 1.45. The Morgan fingerprint density at radius 2 is 1.81 bits per heavy atom. The average Bonchev–Trinajstić information content (AvgIpc) is 3.36. The zero-order chi connectivity index (χ0) is 26.2. The molecule has 2 aliphatic rings. The second-order valence-electron chi connectivity index (χ2n) is 9.01. The smallest absolute Gasteiger partial charge is 0.316 e. The largest absolute Gasteiger partial charge is 0.481 e. The van der Waals surface area contributed by atoms with Crippen LogP contribution in [0.1, 0.15) is 19.4 Å². The molecule has 12 heteroatoms. The van der Waals surface area contributed by atoms with Crippen molar-refractivity contribution in [1.82, 2.24) is 14.1 Å². The van der Waals surface area contributed by atoms with Crippen LogP contribution in [-0.2, 0) is 16.6 Å². The first-order chi connectivity index (χ1) is 17.7. The highest BCUT2D eigenvalue weighted by atomic mass is 35.5. The molecule has 0 bridgehead atoms. The molecule has 0 spiro atoms. The Hall–Kier alpha value is -3.28. The van der Waals surface area contributed by atoms with E-state index in [1.165, 1.54) is 8.99 Å². The molecule has 0 radical (unpaired) electrons. The van der Waals surface area contributed by atoms with Gasteiger partial charge < -0.3 is 19.1 Å². The van der Waals surface area contributed by atoms with Gasteiger partial charge in [0.05, 0.1) is 17.1 Å². The number of fused-ring (bicyclic) bond motifs is 1. The molecule has 37 heavy (non-hydrogen) atoms. The topological polar surface area (TPSA) is 103 Å². The van der Waals surface area contributed by atoms with E-state index >= 15 is 0 Å². The van der Waals surface area contributed by atoms with Crippen LogP contribution < -0.4 is 24.7 Å². The quantitative estimate of drug-likeness (QED) is 0.445. The third kappa shape index (κ3) is 5.11. The van der Waals surface area contributed by atoms with Gasteiger partial charge in [-0.05, 0) is 49.7 Å². The molecule has 0 atom stereocenters. The molecule has 2 aliphatic heterocycles. The summed E-state index contributed by atoms with van der Waals surface area (Å²) in [5.41, 5.74) is 1.36. The fourth-order valence-corrected chi connectivity index (χ4v) is 5.70. The van der Waals surface area contributed by atoms with Crippen molar-refractivity contribution in [2.75, 3.05) is 37.9 Å². The van der Waals surface area contributed by atoms with Crippen LogP contribution >= 0.6 is 11.6 Å². The summed E-state index contributed by atoms with van der Waals surface area (Å²) in [5, 5.41) is 4.35. The first-order valence-electron chi connectivity index (χ1n) is 11.9. The monoisotopic (exact) mass is 546 g/mol. The van der Waals surface area contributed by atoms with Gasteiger partial charge in [-0.3, -0.25) is 4.79 Å². The predicted molar refractivity (Wildman–Crippen MR) is 140 cm³/mol. The number of hydrogen-bond donors (Lipinski definition) is 0. The van der Waals surface area contributed by atoms with Gasteiger partial charge in [0.25, 0.3) is 0 Å². The van der Waals surface area contributed by atoms with Crippen LogP contribution in [0.25, 0.3) is 5.69 Å². The van der Waals surface area contributed by atoms with Gasteiger partial charge >= 0.3 is 5.56 Å². The number of sulfonamides is 1. The summed E-state index contributed by atoms with van der Waals surface area (Å²) >= 11 is 6.14. The normalized spacial score (nSPS) is 15.8. The zero-order valence-electron chi connectivity index (χ0n) is 20.5. The Morgan fingerprint density at radius 1 is 1.05 bits per heavy atom. The van der Waals surface area contributed by atoms with Crippen LogP contribution in [0.5, 0.6) is 17.2 Å². The van der Waals surface area contributed by atoms with Crippen molar-refractivity contribution in [1.29, 1.82) is 0 Å². The molecular formula is C25H27ClN4O6S. The van der Waals surface area contributed by atoms with Gasteiger partial charge in [0.2, 0.25) is 22.6 Å². The lowest BCUT2D eigenvalue weighted by Crippen LogP contribution is -2.50. The molecular weight excluding hydrogens is 520 g/mol. The maximum atomic E-state index is 13.6. The predicted octanol–water partition coefficient (Wildman–Crippen LogP) is 3.05. The molecule has 0 N–H and O–H groups in total. The zero-order valence-corrected chi connectivity index (χ0v) is 22.0. The summed E-state index contributed by atoms with van der Waals surface area (Å²) in [7, 11) is -3.36. The van der Waals surface area contributed by atoms with Crippen molar-refractivity contribution < 1.29 is 22.6 Å². The summed E-state index contributed by atoms with van der Waals surface area (Å²) in [5.74, 6) is 1.40. The lowest BCUT2D eigenvalue weighted by Gasteiger charge is -2.36. The van der Waals surface area contributed by atoms with E-state index in [9.17, 15) is 13.2 Å². The lowest BCUT2D eigenvalue weighted by atomic mass is 10.2. The van der Waals surface area contributed by atoms with Gasteiger partial charge in [0, 0.05) is 31.2 Å². The standard InChI is InChI=1S/C25H27ClN4O6S/c1-17(2)37(32,33)29-10-8-28(9-11-29)21-14-27-30(20-5-3-4-19(26)13-20)25(31)24(21)34-15-18-6-7-22-23(12-18)36-16-35-22/h3-7,12-14,17H,8-11,15-16H2,1-2H3. The number of aromatic nitrogens is 2. The number of benzene rings is 2. The first kappa shape index (κ1) is 25.4. The van der Waals surface area contributed by atoms with Crippen molar-refractivity contribution in [2.24, 2.45) is 0 Å². The molecule has 196 valence electrons. The Labute approximate surface area is 220 Å². The van der Waals surface area contributed by atoms with Gasteiger partial charge in [0.1, 0.15) is 12.3 Å². The third-order valence-corrected chi connectivity index (χ3v) is 8.83. The molecule has 5 rings (SSSR count).